The zero-order valence-electron chi connectivity index (χ0n) is 17.8. The third kappa shape index (κ3) is 7.19. The molecule has 0 aliphatic heterocycles. The summed E-state index contributed by atoms with van der Waals surface area (Å²) in [7, 11) is 0. The van der Waals surface area contributed by atoms with Gasteiger partial charge >= 0.3 is 0 Å². The zero-order valence-corrected chi connectivity index (χ0v) is 17.8. The van der Waals surface area contributed by atoms with Crippen LogP contribution in [0.2, 0.25) is 0 Å². The quantitative estimate of drug-likeness (QED) is 0.407. The fourth-order valence-electron chi connectivity index (χ4n) is 3.02. The number of rotatable bonds is 10. The maximum absolute atomic E-state index is 9.88. The lowest BCUT2D eigenvalue weighted by molar-refractivity contribution is 0.160. The van der Waals surface area contributed by atoms with Crippen LogP contribution in [0.25, 0.3) is 0 Å². The monoisotopic (exact) mass is 364 g/mol. The number of hydrogen-bond donors (Lipinski definition) is 1. The van der Waals surface area contributed by atoms with Crippen LogP contribution in [0.5, 0.6) is 0 Å². The van der Waals surface area contributed by atoms with Crippen LogP contribution in [-0.4, -0.2) is 11.7 Å². The number of aliphatic hydroxyl groups excluding tert-OH is 1. The van der Waals surface area contributed by atoms with E-state index in [4.69, 9.17) is 0 Å². The highest BCUT2D eigenvalue weighted by Crippen LogP contribution is 2.40. The fourth-order valence-corrected chi connectivity index (χ4v) is 3.02. The van der Waals surface area contributed by atoms with Crippen LogP contribution < -0.4 is 0 Å². The van der Waals surface area contributed by atoms with Crippen molar-refractivity contribution in [3.05, 3.63) is 95.2 Å². The molecule has 0 heterocycles. The van der Waals surface area contributed by atoms with Gasteiger partial charge in [0.15, 0.2) is 0 Å². The first-order valence-corrected chi connectivity index (χ1v) is 9.85. The molecule has 0 saturated heterocycles. The number of hydrogen-bond acceptors (Lipinski definition) is 1. The molecule has 0 spiro atoms. The van der Waals surface area contributed by atoms with Crippen molar-refractivity contribution in [2.45, 2.75) is 53.9 Å². The Hall–Kier alpha value is -2.12. The Morgan fingerprint density at radius 1 is 1.19 bits per heavy atom. The summed E-state index contributed by atoms with van der Waals surface area (Å²) in [5.41, 5.74) is 7.20. The molecule has 0 aromatic carbocycles. The molecule has 1 nitrogen and oxygen atoms in total. The summed E-state index contributed by atoms with van der Waals surface area (Å²) in [5.74, 6) is 0. The third-order valence-electron chi connectivity index (χ3n) is 4.57. The smallest absolute Gasteiger partial charge is 0.0485 e. The molecule has 0 aromatic rings. The Morgan fingerprint density at radius 3 is 2.30 bits per heavy atom. The highest BCUT2D eigenvalue weighted by atomic mass is 16.3. The van der Waals surface area contributed by atoms with Crippen molar-refractivity contribution in [2.24, 2.45) is 5.41 Å². The lowest BCUT2D eigenvalue weighted by Crippen LogP contribution is -2.18. The van der Waals surface area contributed by atoms with E-state index in [1.165, 1.54) is 33.4 Å². The van der Waals surface area contributed by atoms with Crippen LogP contribution in [-0.2, 0) is 0 Å². The van der Waals surface area contributed by atoms with Crippen LogP contribution in [0.15, 0.2) is 95.2 Å². The molecule has 0 aromatic heterocycles. The molecule has 0 radical (unpaired) electrons. The predicted molar refractivity (Wildman–Crippen MR) is 121 cm³/mol. The van der Waals surface area contributed by atoms with Crippen molar-refractivity contribution >= 4 is 0 Å². The van der Waals surface area contributed by atoms with E-state index in [9.17, 15) is 5.11 Å². The van der Waals surface area contributed by atoms with Gasteiger partial charge in [-0.1, -0.05) is 82.5 Å². The topological polar surface area (TPSA) is 20.2 Å². The molecule has 0 atom stereocenters. The minimum atomic E-state index is -0.192. The summed E-state index contributed by atoms with van der Waals surface area (Å²) in [4.78, 5) is 0. The van der Waals surface area contributed by atoms with Crippen molar-refractivity contribution in [1.29, 1.82) is 0 Å². The van der Waals surface area contributed by atoms with Crippen LogP contribution in [0, 0.1) is 5.41 Å². The number of allylic oxidation sites excluding steroid dienone is 14. The first kappa shape index (κ1) is 22.9. The number of aliphatic hydroxyl groups is 1. The minimum Gasteiger partial charge on any atom is -0.396 e. The van der Waals surface area contributed by atoms with Gasteiger partial charge in [-0.3, -0.25) is 0 Å². The summed E-state index contributed by atoms with van der Waals surface area (Å²) in [6.07, 6.45) is 19.6. The predicted octanol–water partition coefficient (Wildman–Crippen LogP) is 7.18. The van der Waals surface area contributed by atoms with Crippen molar-refractivity contribution in [3.63, 3.8) is 0 Å². The zero-order chi connectivity index (χ0) is 20.4. The summed E-state index contributed by atoms with van der Waals surface area (Å²) >= 11 is 0. The molecule has 1 rings (SSSR count). The Labute approximate surface area is 166 Å². The van der Waals surface area contributed by atoms with Gasteiger partial charge in [0.2, 0.25) is 0 Å². The van der Waals surface area contributed by atoms with Gasteiger partial charge in [-0.2, -0.15) is 0 Å². The summed E-state index contributed by atoms with van der Waals surface area (Å²) in [6.45, 7) is 18.6. The van der Waals surface area contributed by atoms with Crippen molar-refractivity contribution in [3.8, 4) is 0 Å². The van der Waals surface area contributed by atoms with Gasteiger partial charge in [-0.25, -0.2) is 0 Å². The molecule has 0 bridgehead atoms. The molecule has 1 aliphatic rings. The van der Waals surface area contributed by atoms with E-state index < -0.39 is 0 Å². The maximum atomic E-state index is 9.88. The van der Waals surface area contributed by atoms with E-state index in [0.29, 0.717) is 0 Å². The van der Waals surface area contributed by atoms with Gasteiger partial charge in [0, 0.05) is 6.61 Å². The molecular weight excluding hydrogens is 328 g/mol. The van der Waals surface area contributed by atoms with Crippen LogP contribution in [0.1, 0.15) is 53.9 Å². The molecule has 0 unspecified atom stereocenters. The van der Waals surface area contributed by atoms with E-state index in [0.717, 1.165) is 19.3 Å². The highest BCUT2D eigenvalue weighted by molar-refractivity contribution is 5.63. The summed E-state index contributed by atoms with van der Waals surface area (Å²) in [5, 5.41) is 9.88. The van der Waals surface area contributed by atoms with Gasteiger partial charge < -0.3 is 5.11 Å². The Balaban J connectivity index is 3.77. The van der Waals surface area contributed by atoms with Crippen molar-refractivity contribution in [2.75, 3.05) is 6.61 Å². The Morgan fingerprint density at radius 2 is 1.85 bits per heavy atom. The molecule has 1 saturated carbocycles. The average molecular weight is 365 g/mol. The van der Waals surface area contributed by atoms with Gasteiger partial charge in [0.05, 0.1) is 0 Å². The second kappa shape index (κ2) is 10.9. The lowest BCUT2D eigenvalue weighted by Gasteiger charge is -2.25. The maximum Gasteiger partial charge on any atom is 0.0485 e. The van der Waals surface area contributed by atoms with Gasteiger partial charge in [0.25, 0.3) is 0 Å². The molecule has 1 fully saturated rings. The molecule has 1 N–H and O–H groups in total. The Kier molecular flexibility index (Phi) is 9.25. The summed E-state index contributed by atoms with van der Waals surface area (Å²) in [6, 6.07) is 0. The normalized spacial score (nSPS) is 18.6. The minimum absolute atomic E-state index is 0.151. The van der Waals surface area contributed by atoms with E-state index in [-0.39, 0.29) is 12.0 Å². The lowest BCUT2D eigenvalue weighted by atomic mass is 9.81. The SMILES string of the molecule is C=C\C=C/C(=C\C)C(=C(/C=C1\CC1=C)CC(C)(C)CO)/C(/C=C\C)=C/CC. The molecule has 1 aliphatic carbocycles. The van der Waals surface area contributed by atoms with Crippen LogP contribution in [0.4, 0.5) is 0 Å². The van der Waals surface area contributed by atoms with E-state index in [1.54, 1.807) is 6.08 Å². The van der Waals surface area contributed by atoms with Crippen LogP contribution in [0.3, 0.4) is 0 Å². The highest BCUT2D eigenvalue weighted by Gasteiger charge is 2.25. The first-order chi connectivity index (χ1) is 12.8. The molecule has 27 heavy (non-hydrogen) atoms. The second-order valence-electron chi connectivity index (χ2n) is 7.76. The van der Waals surface area contributed by atoms with Crippen LogP contribution >= 0.6 is 0 Å². The van der Waals surface area contributed by atoms with E-state index in [2.05, 4.69) is 84.2 Å². The standard InChI is InChI=1S/C26H36O/c1-8-12-15-21(11-4)25(22(13-9-2)14-10-3)24(17-23-16-20(23)5)18-26(6,7)19-27/h8-9,11-15,17,27H,1,5,10,16,18-19H2,2-4,6-7H3/b13-9-,15-12-,21-11+,22-14+,23-17+,25-24+. The fraction of sp³-hybridized carbons (Fsp3) is 0.385. The van der Waals surface area contributed by atoms with Gasteiger partial charge in [0.1, 0.15) is 0 Å². The van der Waals surface area contributed by atoms with Gasteiger partial charge in [-0.05, 0) is 72.0 Å². The Bertz CT molecular complexity index is 730. The molecule has 0 amide bonds. The molecular formula is C26H36O. The van der Waals surface area contributed by atoms with Gasteiger partial charge in [-0.15, -0.1) is 0 Å². The average Bonchev–Trinajstić information content (AvgIpc) is 3.32. The van der Waals surface area contributed by atoms with E-state index in [1.807, 2.05) is 6.08 Å². The third-order valence-corrected chi connectivity index (χ3v) is 4.57. The molecule has 146 valence electrons. The van der Waals surface area contributed by atoms with Crippen molar-refractivity contribution < 1.29 is 5.11 Å². The van der Waals surface area contributed by atoms with E-state index >= 15 is 0 Å². The first-order valence-electron chi connectivity index (χ1n) is 9.85. The largest absolute Gasteiger partial charge is 0.396 e. The van der Waals surface area contributed by atoms with Crippen molar-refractivity contribution in [1.82, 2.24) is 0 Å². The summed E-state index contributed by atoms with van der Waals surface area (Å²) < 4.78 is 0. The second-order valence-corrected chi connectivity index (χ2v) is 7.76. The molecule has 1 heteroatoms.